The average Bonchev–Trinajstić information content (AvgIpc) is 3.62. The van der Waals surface area contributed by atoms with Crippen LogP contribution in [0.2, 0.25) is 0 Å². The van der Waals surface area contributed by atoms with E-state index in [-0.39, 0.29) is 17.8 Å². The van der Waals surface area contributed by atoms with Gasteiger partial charge < -0.3 is 9.67 Å². The van der Waals surface area contributed by atoms with Crippen molar-refractivity contribution in [3.8, 4) is 0 Å². The molecule has 184 valence electrons. The first-order chi connectivity index (χ1) is 18.1. The minimum absolute atomic E-state index is 0.164. The van der Waals surface area contributed by atoms with E-state index < -0.39 is 5.97 Å². The van der Waals surface area contributed by atoms with Crippen molar-refractivity contribution in [1.29, 1.82) is 0 Å². The monoisotopic (exact) mass is 494 g/mol. The Bertz CT molecular complexity index is 1780. The maximum atomic E-state index is 13.7. The van der Waals surface area contributed by atoms with Crippen LogP contribution >= 0.6 is 0 Å². The number of para-hydroxylation sites is 4. The predicted octanol–water partition coefficient (Wildman–Crippen LogP) is 2.63. The van der Waals surface area contributed by atoms with E-state index in [0.29, 0.717) is 19.6 Å². The second kappa shape index (κ2) is 9.19. The molecule has 0 unspecified atom stereocenters. The summed E-state index contributed by atoms with van der Waals surface area (Å²) in [7, 11) is 0. The highest BCUT2D eigenvalue weighted by atomic mass is 16.4. The molecule has 1 N–H and O–H groups in total. The van der Waals surface area contributed by atoms with E-state index in [2.05, 4.69) is 20.1 Å². The zero-order chi connectivity index (χ0) is 25.4. The molecule has 0 aliphatic rings. The van der Waals surface area contributed by atoms with Gasteiger partial charge in [0, 0.05) is 6.54 Å². The minimum Gasteiger partial charge on any atom is -0.478 e. The van der Waals surface area contributed by atoms with Gasteiger partial charge in [0.15, 0.2) is 0 Å². The average molecular weight is 495 g/mol. The first-order valence-electron chi connectivity index (χ1n) is 11.7. The Morgan fingerprint density at radius 3 is 2.14 bits per heavy atom. The van der Waals surface area contributed by atoms with Crippen molar-refractivity contribution < 1.29 is 9.90 Å². The number of benzene rings is 3. The van der Waals surface area contributed by atoms with Gasteiger partial charge in [0.05, 0.1) is 47.3 Å². The van der Waals surface area contributed by atoms with Crippen LogP contribution in [0.4, 0.5) is 0 Å². The summed E-state index contributed by atoms with van der Waals surface area (Å²) in [5.41, 5.74) is 4.30. The third-order valence-electron chi connectivity index (χ3n) is 6.44. The van der Waals surface area contributed by atoms with E-state index in [9.17, 15) is 14.7 Å². The maximum Gasteiger partial charge on any atom is 0.335 e. The van der Waals surface area contributed by atoms with E-state index >= 15 is 0 Å². The number of nitrogens with zero attached hydrogens (tertiary/aromatic N) is 8. The second-order valence-electron chi connectivity index (χ2n) is 8.69. The Morgan fingerprint density at radius 1 is 0.784 bits per heavy atom. The summed E-state index contributed by atoms with van der Waals surface area (Å²) in [6.45, 7) is 1.75. The third-order valence-corrected chi connectivity index (χ3v) is 6.44. The second-order valence-corrected chi connectivity index (χ2v) is 8.69. The number of hydrogen-bond acceptors (Lipinski definition) is 6. The third kappa shape index (κ3) is 4.16. The van der Waals surface area contributed by atoms with Crippen LogP contribution in [0, 0.1) is 0 Å². The summed E-state index contributed by atoms with van der Waals surface area (Å²) in [6, 6.07) is 22.1. The Kier molecular flexibility index (Phi) is 5.56. The molecule has 3 aromatic heterocycles. The molecule has 0 aliphatic carbocycles. The number of carbonyl (C=O) groups is 1. The smallest absolute Gasteiger partial charge is 0.335 e. The fraction of sp³-hybridized carbons (Fsp3) is 0.154. The summed E-state index contributed by atoms with van der Waals surface area (Å²) < 4.78 is 7.20. The SMILES string of the molecule is O=C(O)c1ccc(Cn2c(=O)n(Cc3nc4ccccc4n3CCn3cnnn3)c3ccccc32)cc1. The highest BCUT2D eigenvalue weighted by Gasteiger charge is 2.18. The largest absolute Gasteiger partial charge is 0.478 e. The van der Waals surface area contributed by atoms with Crippen LogP contribution < -0.4 is 5.69 Å². The summed E-state index contributed by atoms with van der Waals surface area (Å²) in [5.74, 6) is -0.228. The van der Waals surface area contributed by atoms with Crippen molar-refractivity contribution in [1.82, 2.24) is 38.9 Å². The van der Waals surface area contributed by atoms with Gasteiger partial charge in [-0.05, 0) is 52.4 Å². The molecule has 0 spiro atoms. The van der Waals surface area contributed by atoms with Crippen LogP contribution in [0.1, 0.15) is 21.7 Å². The topological polar surface area (TPSA) is 126 Å². The first kappa shape index (κ1) is 22.4. The number of imidazole rings is 2. The van der Waals surface area contributed by atoms with Gasteiger partial charge in [0.1, 0.15) is 12.2 Å². The molecule has 0 radical (unpaired) electrons. The molecular formula is C26H22N8O3. The molecule has 11 nitrogen and oxygen atoms in total. The molecule has 0 fully saturated rings. The molecule has 11 heteroatoms. The fourth-order valence-electron chi connectivity index (χ4n) is 4.64. The lowest BCUT2D eigenvalue weighted by atomic mass is 10.1. The Labute approximate surface area is 209 Å². The van der Waals surface area contributed by atoms with Crippen LogP contribution in [0.25, 0.3) is 22.1 Å². The quantitative estimate of drug-likeness (QED) is 0.345. The Balaban J connectivity index is 1.40. The van der Waals surface area contributed by atoms with E-state index in [1.807, 2.05) is 48.5 Å². The van der Waals surface area contributed by atoms with Crippen molar-refractivity contribution in [2.45, 2.75) is 26.2 Å². The lowest BCUT2D eigenvalue weighted by molar-refractivity contribution is 0.0697. The molecule has 3 aromatic carbocycles. The van der Waals surface area contributed by atoms with Crippen molar-refractivity contribution in [2.24, 2.45) is 0 Å². The van der Waals surface area contributed by atoms with E-state index in [0.717, 1.165) is 33.5 Å². The van der Waals surface area contributed by atoms with Crippen molar-refractivity contribution in [3.63, 3.8) is 0 Å². The van der Waals surface area contributed by atoms with E-state index in [1.54, 1.807) is 44.4 Å². The van der Waals surface area contributed by atoms with Gasteiger partial charge in [-0.15, -0.1) is 5.10 Å². The Hall–Kier alpha value is -5.06. The zero-order valence-electron chi connectivity index (χ0n) is 19.7. The predicted molar refractivity (Wildman–Crippen MR) is 135 cm³/mol. The maximum absolute atomic E-state index is 13.7. The van der Waals surface area contributed by atoms with E-state index in [1.165, 1.54) is 0 Å². The molecule has 37 heavy (non-hydrogen) atoms. The molecule has 0 bridgehead atoms. The molecule has 0 amide bonds. The standard InChI is InChI=1S/C26H22N8O3/c35-25(36)19-11-9-18(10-12-19)15-33-22-7-3-4-8-23(22)34(26(33)37)16-24-28-20-5-1-2-6-21(20)32(24)14-13-31-17-27-29-30-31/h1-12,17H,13-16H2,(H,35,36). The molecule has 0 saturated heterocycles. The number of carboxylic acids is 1. The molecule has 0 aliphatic heterocycles. The highest BCUT2D eigenvalue weighted by molar-refractivity contribution is 5.87. The molecule has 0 saturated carbocycles. The van der Waals surface area contributed by atoms with Gasteiger partial charge in [0.2, 0.25) is 0 Å². The summed E-state index contributed by atoms with van der Waals surface area (Å²) in [5, 5.41) is 20.5. The molecule has 6 rings (SSSR count). The summed E-state index contributed by atoms with van der Waals surface area (Å²) in [4.78, 5) is 29.8. The number of carboxylic acid groups (broad SMARTS) is 1. The van der Waals surface area contributed by atoms with Crippen molar-refractivity contribution in [2.75, 3.05) is 0 Å². The Morgan fingerprint density at radius 2 is 1.46 bits per heavy atom. The van der Waals surface area contributed by atoms with Crippen LogP contribution in [0.15, 0.2) is 83.9 Å². The number of aromatic nitrogens is 8. The minimum atomic E-state index is -0.983. The number of aryl methyl sites for hydroxylation is 2. The fourth-order valence-corrected chi connectivity index (χ4v) is 4.64. The van der Waals surface area contributed by atoms with Gasteiger partial charge in [-0.2, -0.15) is 0 Å². The number of fused-ring (bicyclic) bond motifs is 2. The number of hydrogen-bond donors (Lipinski definition) is 1. The van der Waals surface area contributed by atoms with Crippen LogP contribution in [0.3, 0.4) is 0 Å². The van der Waals surface area contributed by atoms with Gasteiger partial charge in [0.25, 0.3) is 0 Å². The molecule has 3 heterocycles. The summed E-state index contributed by atoms with van der Waals surface area (Å²) in [6.07, 6.45) is 1.57. The number of rotatable bonds is 8. The highest BCUT2D eigenvalue weighted by Crippen LogP contribution is 2.20. The zero-order valence-corrected chi connectivity index (χ0v) is 19.7. The van der Waals surface area contributed by atoms with Crippen LogP contribution in [-0.2, 0) is 26.2 Å². The summed E-state index contributed by atoms with van der Waals surface area (Å²) >= 11 is 0. The van der Waals surface area contributed by atoms with Crippen LogP contribution in [0.5, 0.6) is 0 Å². The molecule has 6 aromatic rings. The van der Waals surface area contributed by atoms with Gasteiger partial charge >= 0.3 is 11.7 Å². The lowest BCUT2D eigenvalue weighted by Crippen LogP contribution is -2.26. The normalized spacial score (nSPS) is 11.5. The lowest BCUT2D eigenvalue weighted by Gasteiger charge is -2.10. The first-order valence-corrected chi connectivity index (χ1v) is 11.7. The molecular weight excluding hydrogens is 472 g/mol. The van der Waals surface area contributed by atoms with Crippen LogP contribution in [-0.4, -0.2) is 50.0 Å². The number of tetrazole rings is 1. The van der Waals surface area contributed by atoms with Gasteiger partial charge in [-0.3, -0.25) is 9.13 Å². The van der Waals surface area contributed by atoms with Crippen molar-refractivity contribution >= 4 is 28.0 Å². The van der Waals surface area contributed by atoms with Crippen molar-refractivity contribution in [3.05, 3.63) is 107 Å². The molecule has 0 atom stereocenters. The number of aromatic carboxylic acids is 1. The van der Waals surface area contributed by atoms with Gasteiger partial charge in [-0.25, -0.2) is 19.3 Å². The van der Waals surface area contributed by atoms with Gasteiger partial charge in [-0.1, -0.05) is 36.4 Å². The van der Waals surface area contributed by atoms with E-state index in [4.69, 9.17) is 4.98 Å².